The Morgan fingerprint density at radius 3 is 2.15 bits per heavy atom. The summed E-state index contributed by atoms with van der Waals surface area (Å²) in [5, 5.41) is 6.10. The van der Waals surface area contributed by atoms with E-state index in [2.05, 4.69) is 45.2 Å². The van der Waals surface area contributed by atoms with Crippen LogP contribution in [0.4, 0.5) is 0 Å². The highest BCUT2D eigenvalue weighted by Crippen LogP contribution is 2.58. The van der Waals surface area contributed by atoms with Gasteiger partial charge in [0.25, 0.3) is 7.71 Å². The monoisotopic (exact) mass is 378 g/mol. The molecule has 7 nitrogen and oxygen atoms in total. The highest BCUT2D eigenvalue weighted by atomic mass is 31.2. The van der Waals surface area contributed by atoms with E-state index in [1.54, 1.807) is 0 Å². The lowest BCUT2D eigenvalue weighted by molar-refractivity contribution is 0.0563. The number of rotatable bonds is 5. The van der Waals surface area contributed by atoms with Crippen LogP contribution < -0.4 is 10.9 Å². The number of fused-ring (bicyclic) bond motifs is 1. The fourth-order valence-corrected chi connectivity index (χ4v) is 7.41. The molecule has 1 aromatic carbocycles. The zero-order chi connectivity index (χ0) is 18.0. The first-order chi connectivity index (χ1) is 12.7. The van der Waals surface area contributed by atoms with Gasteiger partial charge in [-0.2, -0.15) is 10.6 Å². The van der Waals surface area contributed by atoms with Gasteiger partial charge < -0.3 is 9.47 Å². The molecule has 0 radical (unpaired) electrons. The minimum absolute atomic E-state index is 0.739. The molecule has 0 unspecified atom stereocenters. The summed E-state index contributed by atoms with van der Waals surface area (Å²) in [4.78, 5) is 0. The van der Waals surface area contributed by atoms with E-state index in [1.807, 2.05) is 0 Å². The van der Waals surface area contributed by atoms with E-state index in [4.69, 9.17) is 20.1 Å². The Bertz CT molecular complexity index is 722. The number of ether oxygens (including phenoxy) is 2. The quantitative estimate of drug-likeness (QED) is 0.795. The van der Waals surface area contributed by atoms with Crippen LogP contribution in [0.2, 0.25) is 0 Å². The van der Waals surface area contributed by atoms with Crippen molar-refractivity contribution >= 4 is 24.1 Å². The summed E-state index contributed by atoms with van der Waals surface area (Å²) in [5.74, 6) is 0. The lowest BCUT2D eigenvalue weighted by Crippen LogP contribution is -2.54. The highest BCUT2D eigenvalue weighted by Gasteiger charge is 2.54. The smallest absolute Gasteiger partial charge is 0.277 e. The Hall–Kier alpha value is -1.08. The topological polar surface area (TPSA) is 68.8 Å². The first kappa shape index (κ1) is 18.3. The summed E-state index contributed by atoms with van der Waals surface area (Å²) in [6, 6.07) is 8.41. The molecule has 2 aliphatic heterocycles. The number of hydrogen-bond acceptors (Lipinski definition) is 6. The summed E-state index contributed by atoms with van der Waals surface area (Å²) in [7, 11) is -2.23. The van der Waals surface area contributed by atoms with Crippen LogP contribution in [0.1, 0.15) is 13.3 Å². The van der Waals surface area contributed by atoms with E-state index in [0.717, 1.165) is 71.1 Å². The van der Waals surface area contributed by atoms with Crippen LogP contribution in [0.5, 0.6) is 0 Å². The van der Waals surface area contributed by atoms with Gasteiger partial charge in [-0.1, -0.05) is 19.1 Å². The zero-order valence-electron chi connectivity index (χ0n) is 15.5. The van der Waals surface area contributed by atoms with E-state index in [1.165, 1.54) is 10.8 Å². The van der Waals surface area contributed by atoms with E-state index in [9.17, 15) is 0 Å². The Labute approximate surface area is 155 Å². The van der Waals surface area contributed by atoms with Gasteiger partial charge in [0, 0.05) is 6.54 Å². The molecule has 0 bridgehead atoms. The largest absolute Gasteiger partial charge is 0.378 e. The average molecular weight is 378 g/mol. The van der Waals surface area contributed by atoms with Crippen LogP contribution in [0.3, 0.4) is 0 Å². The van der Waals surface area contributed by atoms with Gasteiger partial charge in [0.15, 0.2) is 0 Å². The predicted octanol–water partition coefficient (Wildman–Crippen LogP) is 1.46. The van der Waals surface area contributed by atoms with Gasteiger partial charge in [-0.25, -0.2) is 4.68 Å². The molecule has 0 amide bonds. The van der Waals surface area contributed by atoms with Crippen LogP contribution in [0.25, 0.3) is 10.9 Å². The number of nitrogens with zero attached hydrogens (tertiary/aromatic N) is 4. The van der Waals surface area contributed by atoms with Gasteiger partial charge in [-0.3, -0.25) is 0 Å². The molecule has 2 fully saturated rings. The number of benzene rings is 1. The maximum atomic E-state index is 7.40. The van der Waals surface area contributed by atoms with Crippen LogP contribution in [-0.4, -0.2) is 71.7 Å². The molecule has 2 aromatic rings. The number of aromatic nitrogens is 2. The summed E-state index contributed by atoms with van der Waals surface area (Å²) >= 11 is 0. The second-order valence-corrected chi connectivity index (χ2v) is 9.70. The SMILES string of the molecule is CCCn1nc2ccccc2c1[P+](N)(N1CCOCC1)N1CCOCC1. The first-order valence-corrected chi connectivity index (χ1v) is 11.3. The molecule has 3 heterocycles. The van der Waals surface area contributed by atoms with Crippen molar-refractivity contribution in [1.82, 2.24) is 19.1 Å². The van der Waals surface area contributed by atoms with E-state index >= 15 is 0 Å². The number of nitrogens with two attached hydrogens (primary N) is 1. The maximum absolute atomic E-state index is 7.40. The third-order valence-corrected chi connectivity index (χ3v) is 8.82. The zero-order valence-corrected chi connectivity index (χ0v) is 16.4. The van der Waals surface area contributed by atoms with Gasteiger partial charge in [0.2, 0.25) is 5.44 Å². The highest BCUT2D eigenvalue weighted by molar-refractivity contribution is 7.76. The van der Waals surface area contributed by atoms with Crippen LogP contribution >= 0.6 is 7.71 Å². The molecule has 26 heavy (non-hydrogen) atoms. The predicted molar refractivity (Wildman–Crippen MR) is 106 cm³/mol. The molecule has 1 aromatic heterocycles. The van der Waals surface area contributed by atoms with E-state index < -0.39 is 7.71 Å². The summed E-state index contributed by atoms with van der Waals surface area (Å²) in [5.41, 5.74) is 9.64. The van der Waals surface area contributed by atoms with Crippen LogP contribution in [-0.2, 0) is 16.0 Å². The molecule has 8 heteroatoms. The number of aryl methyl sites for hydroxylation is 1. The Morgan fingerprint density at radius 2 is 1.58 bits per heavy atom. The summed E-state index contributed by atoms with van der Waals surface area (Å²) in [6.07, 6.45) is 1.03. The van der Waals surface area contributed by atoms with Crippen LogP contribution in [0, 0.1) is 0 Å². The maximum Gasteiger partial charge on any atom is 0.277 e. The minimum Gasteiger partial charge on any atom is -0.378 e. The van der Waals surface area contributed by atoms with Crippen molar-refractivity contribution in [3.63, 3.8) is 0 Å². The summed E-state index contributed by atoms with van der Waals surface area (Å²) < 4.78 is 18.3. The fraction of sp³-hybridized carbons (Fsp3) is 0.611. The third-order valence-electron chi connectivity index (χ3n) is 5.20. The van der Waals surface area contributed by atoms with Gasteiger partial charge in [-0.05, 0) is 18.6 Å². The van der Waals surface area contributed by atoms with Crippen molar-refractivity contribution in [2.24, 2.45) is 5.50 Å². The lowest BCUT2D eigenvalue weighted by atomic mass is 10.3. The van der Waals surface area contributed by atoms with Gasteiger partial charge in [-0.15, -0.1) is 9.34 Å². The third kappa shape index (κ3) is 3.17. The molecule has 4 rings (SSSR count). The van der Waals surface area contributed by atoms with Crippen LogP contribution in [0.15, 0.2) is 24.3 Å². The van der Waals surface area contributed by atoms with Crippen molar-refractivity contribution < 1.29 is 9.47 Å². The molecule has 2 aliphatic rings. The van der Waals surface area contributed by atoms with Crippen molar-refractivity contribution in [2.45, 2.75) is 19.9 Å². The second-order valence-electron chi connectivity index (χ2n) is 6.85. The lowest BCUT2D eigenvalue weighted by Gasteiger charge is -2.41. The molecular formula is C18H29N5O2P+. The normalized spacial score (nSPS) is 20.7. The van der Waals surface area contributed by atoms with Crippen molar-refractivity contribution in [3.8, 4) is 0 Å². The van der Waals surface area contributed by atoms with Gasteiger partial charge in [0.05, 0.1) is 63.5 Å². The fourth-order valence-electron chi connectivity index (χ4n) is 3.95. The van der Waals surface area contributed by atoms with Gasteiger partial charge in [0.1, 0.15) is 0 Å². The molecule has 0 spiro atoms. The molecule has 2 saturated heterocycles. The standard InChI is InChI=1S/C18H29N5O2P/c1-2-7-23-18(16-5-3-4-6-17(16)20-23)26(19,21-8-12-24-13-9-21)22-10-14-25-15-11-22/h3-6H,2,7-15,19H2,1H3/q+1. The Balaban J connectivity index is 1.87. The molecule has 0 aliphatic carbocycles. The van der Waals surface area contributed by atoms with Crippen molar-refractivity contribution in [2.75, 3.05) is 52.6 Å². The van der Waals surface area contributed by atoms with Gasteiger partial charge >= 0.3 is 0 Å². The molecular weight excluding hydrogens is 349 g/mol. The Kier molecular flexibility index (Phi) is 5.55. The summed E-state index contributed by atoms with van der Waals surface area (Å²) in [6.45, 7) is 9.51. The molecule has 0 atom stereocenters. The Morgan fingerprint density at radius 1 is 1.00 bits per heavy atom. The molecule has 2 N–H and O–H groups in total. The number of hydrogen-bond donors (Lipinski definition) is 1. The van der Waals surface area contributed by atoms with E-state index in [-0.39, 0.29) is 0 Å². The first-order valence-electron chi connectivity index (χ1n) is 9.55. The minimum atomic E-state index is -2.23. The average Bonchev–Trinajstić information content (AvgIpc) is 3.07. The van der Waals surface area contributed by atoms with Crippen molar-refractivity contribution in [3.05, 3.63) is 24.3 Å². The second kappa shape index (κ2) is 7.89. The van der Waals surface area contributed by atoms with Crippen molar-refractivity contribution in [1.29, 1.82) is 0 Å². The molecule has 142 valence electrons. The van der Waals surface area contributed by atoms with E-state index in [0.29, 0.717) is 0 Å². The number of morpholine rings is 2. The molecule has 0 saturated carbocycles.